The van der Waals surface area contributed by atoms with Crippen LogP contribution in [-0.4, -0.2) is 38.7 Å². The van der Waals surface area contributed by atoms with Gasteiger partial charge in [-0.3, -0.25) is 9.69 Å². The summed E-state index contributed by atoms with van der Waals surface area (Å²) in [6.07, 6.45) is 10.2. The van der Waals surface area contributed by atoms with Crippen LogP contribution in [0.1, 0.15) is 49.6 Å². The average Bonchev–Trinajstić information content (AvgIpc) is 3.38. The number of amides is 1. The van der Waals surface area contributed by atoms with E-state index in [-0.39, 0.29) is 11.8 Å². The van der Waals surface area contributed by atoms with Crippen molar-refractivity contribution in [1.82, 2.24) is 19.7 Å². The summed E-state index contributed by atoms with van der Waals surface area (Å²) in [5.74, 6) is 1.21. The van der Waals surface area contributed by atoms with Gasteiger partial charge in [-0.2, -0.15) is 5.10 Å². The minimum Gasteiger partial charge on any atom is -0.311 e. The van der Waals surface area contributed by atoms with Gasteiger partial charge in [0.1, 0.15) is 10.8 Å². The molecule has 1 aliphatic heterocycles. The van der Waals surface area contributed by atoms with Crippen molar-refractivity contribution in [2.24, 2.45) is 5.92 Å². The maximum Gasteiger partial charge on any atom is 0.228 e. The maximum absolute atomic E-state index is 12.4. The number of hydrogen-bond acceptors (Lipinski definition) is 5. The summed E-state index contributed by atoms with van der Waals surface area (Å²) in [6.45, 7) is 3.02. The fourth-order valence-corrected chi connectivity index (χ4v) is 4.62. The second-order valence-electron chi connectivity index (χ2n) is 7.06. The van der Waals surface area contributed by atoms with Gasteiger partial charge >= 0.3 is 0 Å². The van der Waals surface area contributed by atoms with Crippen LogP contribution in [-0.2, 0) is 11.3 Å². The van der Waals surface area contributed by atoms with Crippen molar-refractivity contribution in [3.8, 4) is 0 Å². The van der Waals surface area contributed by atoms with Gasteiger partial charge in [0.2, 0.25) is 5.91 Å². The predicted molar refractivity (Wildman–Crippen MR) is 98.5 cm³/mol. The van der Waals surface area contributed by atoms with E-state index in [1.54, 1.807) is 17.5 Å². The third kappa shape index (κ3) is 3.93. The first-order valence-electron chi connectivity index (χ1n) is 9.25. The van der Waals surface area contributed by atoms with Gasteiger partial charge in [0.15, 0.2) is 0 Å². The summed E-state index contributed by atoms with van der Waals surface area (Å²) in [6, 6.07) is 2.29. The molecule has 1 saturated heterocycles. The third-order valence-electron chi connectivity index (χ3n) is 5.39. The Hall–Kier alpha value is -1.73. The fourth-order valence-electron chi connectivity index (χ4n) is 3.96. The number of rotatable bonds is 5. The van der Waals surface area contributed by atoms with Crippen molar-refractivity contribution in [3.05, 3.63) is 28.8 Å². The lowest BCUT2D eigenvalue weighted by Crippen LogP contribution is -2.35. The lowest BCUT2D eigenvalue weighted by atomic mass is 10.1. The Balaban J connectivity index is 1.34. The molecule has 2 aromatic heterocycles. The van der Waals surface area contributed by atoms with Crippen LogP contribution in [0, 0.1) is 5.92 Å². The SMILES string of the molecule is O=C(Nc1ccnn1C1CCN(Cc2nccs2)CC1)C1CCCC1. The molecule has 1 N–H and O–H groups in total. The lowest BCUT2D eigenvalue weighted by Gasteiger charge is -2.32. The number of anilines is 1. The Morgan fingerprint density at radius 2 is 2.00 bits per heavy atom. The molecule has 0 bridgehead atoms. The summed E-state index contributed by atoms with van der Waals surface area (Å²) in [7, 11) is 0. The van der Waals surface area contributed by atoms with Crippen LogP contribution in [0.2, 0.25) is 0 Å². The summed E-state index contributed by atoms with van der Waals surface area (Å²) in [4.78, 5) is 19.2. The zero-order valence-electron chi connectivity index (χ0n) is 14.4. The molecule has 6 nitrogen and oxygen atoms in total. The van der Waals surface area contributed by atoms with E-state index < -0.39 is 0 Å². The van der Waals surface area contributed by atoms with Crippen molar-refractivity contribution in [3.63, 3.8) is 0 Å². The molecule has 1 saturated carbocycles. The normalized spacial score (nSPS) is 20.2. The van der Waals surface area contributed by atoms with Gasteiger partial charge in [0, 0.05) is 36.7 Å². The highest BCUT2D eigenvalue weighted by Crippen LogP contribution is 2.29. The highest BCUT2D eigenvalue weighted by atomic mass is 32.1. The second kappa shape index (κ2) is 7.66. The van der Waals surface area contributed by atoms with Crippen LogP contribution in [0.4, 0.5) is 5.82 Å². The van der Waals surface area contributed by atoms with Gasteiger partial charge in [-0.1, -0.05) is 12.8 Å². The van der Waals surface area contributed by atoms with E-state index in [1.807, 2.05) is 22.3 Å². The van der Waals surface area contributed by atoms with Crippen LogP contribution < -0.4 is 5.32 Å². The van der Waals surface area contributed by atoms with Crippen LogP contribution >= 0.6 is 11.3 Å². The van der Waals surface area contributed by atoms with Crippen LogP contribution in [0.25, 0.3) is 0 Å². The van der Waals surface area contributed by atoms with Gasteiger partial charge in [-0.25, -0.2) is 9.67 Å². The molecule has 1 amide bonds. The molecular formula is C18H25N5OS. The molecule has 0 radical (unpaired) electrons. The van der Waals surface area contributed by atoms with Gasteiger partial charge in [-0.15, -0.1) is 11.3 Å². The van der Waals surface area contributed by atoms with Crippen LogP contribution in [0.5, 0.6) is 0 Å². The molecule has 2 aliphatic rings. The molecule has 2 aromatic rings. The third-order valence-corrected chi connectivity index (χ3v) is 6.16. The average molecular weight is 359 g/mol. The van der Waals surface area contributed by atoms with E-state index in [0.717, 1.165) is 51.1 Å². The number of carbonyl (C=O) groups is 1. The van der Waals surface area contributed by atoms with E-state index in [9.17, 15) is 4.79 Å². The fraction of sp³-hybridized carbons (Fsp3) is 0.611. The highest BCUT2D eigenvalue weighted by Gasteiger charge is 2.26. The van der Waals surface area contributed by atoms with E-state index in [0.29, 0.717) is 6.04 Å². The van der Waals surface area contributed by atoms with Gasteiger partial charge < -0.3 is 5.32 Å². The number of likely N-dealkylation sites (tertiary alicyclic amines) is 1. The second-order valence-corrected chi connectivity index (χ2v) is 8.04. The number of thiazole rings is 1. The monoisotopic (exact) mass is 359 g/mol. The molecule has 3 heterocycles. The first-order valence-corrected chi connectivity index (χ1v) is 10.1. The minimum absolute atomic E-state index is 0.167. The number of carbonyl (C=O) groups excluding carboxylic acids is 1. The first kappa shape index (κ1) is 16.7. The molecule has 0 aromatic carbocycles. The molecule has 1 aliphatic carbocycles. The molecule has 25 heavy (non-hydrogen) atoms. The first-order chi connectivity index (χ1) is 12.3. The molecule has 0 atom stereocenters. The number of nitrogens with one attached hydrogen (secondary N) is 1. The lowest BCUT2D eigenvalue weighted by molar-refractivity contribution is -0.119. The van der Waals surface area contributed by atoms with Crippen molar-refractivity contribution in [1.29, 1.82) is 0 Å². The molecule has 2 fully saturated rings. The Kier molecular flexibility index (Phi) is 5.12. The molecule has 134 valence electrons. The standard InChI is InChI=1S/C18H25N5OS/c24-18(14-3-1-2-4-14)21-16-5-8-20-23(16)15-6-10-22(11-7-15)13-17-19-9-12-25-17/h5,8-9,12,14-15H,1-4,6-7,10-11,13H2,(H,21,24). The summed E-state index contributed by atoms with van der Waals surface area (Å²) in [5.41, 5.74) is 0. The predicted octanol–water partition coefficient (Wildman–Crippen LogP) is 3.31. The topological polar surface area (TPSA) is 63.1 Å². The van der Waals surface area contributed by atoms with Crippen molar-refractivity contribution < 1.29 is 4.79 Å². The van der Waals surface area contributed by atoms with E-state index in [4.69, 9.17) is 0 Å². The van der Waals surface area contributed by atoms with Gasteiger partial charge in [-0.05, 0) is 25.7 Å². The van der Waals surface area contributed by atoms with E-state index in [2.05, 4.69) is 20.3 Å². The Bertz CT molecular complexity index is 684. The molecule has 4 rings (SSSR count). The Labute approximate surface area is 152 Å². The van der Waals surface area contributed by atoms with Gasteiger partial charge in [0.05, 0.1) is 18.8 Å². The number of nitrogens with zero attached hydrogens (tertiary/aromatic N) is 4. The van der Waals surface area contributed by atoms with Crippen LogP contribution in [0.3, 0.4) is 0 Å². The number of hydrogen-bond donors (Lipinski definition) is 1. The molecular weight excluding hydrogens is 334 g/mol. The summed E-state index contributed by atoms with van der Waals surface area (Å²) in [5, 5.41) is 10.8. The van der Waals surface area contributed by atoms with E-state index >= 15 is 0 Å². The zero-order valence-corrected chi connectivity index (χ0v) is 15.2. The number of piperidine rings is 1. The van der Waals surface area contributed by atoms with Crippen LogP contribution in [0.15, 0.2) is 23.8 Å². The Morgan fingerprint density at radius 3 is 2.72 bits per heavy atom. The van der Waals surface area contributed by atoms with Crippen molar-refractivity contribution in [2.75, 3.05) is 18.4 Å². The highest BCUT2D eigenvalue weighted by molar-refractivity contribution is 7.09. The largest absolute Gasteiger partial charge is 0.311 e. The summed E-state index contributed by atoms with van der Waals surface area (Å²) >= 11 is 1.72. The zero-order chi connectivity index (χ0) is 17.1. The quantitative estimate of drug-likeness (QED) is 0.890. The molecule has 7 heteroatoms. The molecule has 0 unspecified atom stereocenters. The molecule has 0 spiro atoms. The van der Waals surface area contributed by atoms with Crippen molar-refractivity contribution >= 4 is 23.1 Å². The Morgan fingerprint density at radius 1 is 1.20 bits per heavy atom. The van der Waals surface area contributed by atoms with Gasteiger partial charge in [0.25, 0.3) is 0 Å². The minimum atomic E-state index is 0.167. The van der Waals surface area contributed by atoms with E-state index in [1.165, 1.54) is 17.8 Å². The number of aromatic nitrogens is 3. The summed E-state index contributed by atoms with van der Waals surface area (Å²) < 4.78 is 2.02. The maximum atomic E-state index is 12.4. The van der Waals surface area contributed by atoms with Crippen molar-refractivity contribution in [2.45, 2.75) is 51.1 Å². The smallest absolute Gasteiger partial charge is 0.228 e.